The number of halogens is 1. The van der Waals surface area contributed by atoms with Gasteiger partial charge in [0.1, 0.15) is 0 Å². The number of nitrogens with one attached hydrogen (secondary N) is 1. The molecule has 2 rings (SSSR count). The van der Waals surface area contributed by atoms with Crippen molar-refractivity contribution in [3.8, 4) is 0 Å². The van der Waals surface area contributed by atoms with Crippen LogP contribution in [0.3, 0.4) is 0 Å². The normalized spacial score (nSPS) is 10.5. The van der Waals surface area contributed by atoms with Gasteiger partial charge in [0.2, 0.25) is 5.95 Å². The van der Waals surface area contributed by atoms with Gasteiger partial charge in [-0.05, 0) is 6.92 Å². The first-order valence-electron chi connectivity index (χ1n) is 5.08. The number of aryl methyl sites for hydroxylation is 1. The van der Waals surface area contributed by atoms with Crippen molar-refractivity contribution in [3.05, 3.63) is 28.1 Å². The Hall–Kier alpha value is -1.76. The third kappa shape index (κ3) is 3.10. The van der Waals surface area contributed by atoms with Crippen LogP contribution in [-0.4, -0.2) is 21.5 Å². The molecular formula is C10H12FN5S. The predicted molar refractivity (Wildman–Crippen MR) is 65.4 cm³/mol. The van der Waals surface area contributed by atoms with E-state index in [0.29, 0.717) is 13.0 Å². The van der Waals surface area contributed by atoms with E-state index in [1.54, 1.807) is 11.3 Å². The molecule has 0 saturated carbocycles. The molecule has 2 aromatic heterocycles. The van der Waals surface area contributed by atoms with E-state index in [9.17, 15) is 4.39 Å². The molecule has 0 aliphatic carbocycles. The van der Waals surface area contributed by atoms with Crippen LogP contribution in [0.5, 0.6) is 0 Å². The lowest BCUT2D eigenvalue weighted by Gasteiger charge is -2.05. The van der Waals surface area contributed by atoms with E-state index in [2.05, 4.69) is 20.3 Å². The highest BCUT2D eigenvalue weighted by Gasteiger charge is 2.05. The van der Waals surface area contributed by atoms with Gasteiger partial charge in [-0.2, -0.15) is 4.98 Å². The molecule has 0 radical (unpaired) electrons. The van der Waals surface area contributed by atoms with Gasteiger partial charge < -0.3 is 11.1 Å². The quantitative estimate of drug-likeness (QED) is 0.865. The van der Waals surface area contributed by atoms with Crippen molar-refractivity contribution in [2.24, 2.45) is 0 Å². The summed E-state index contributed by atoms with van der Waals surface area (Å²) in [5.41, 5.74) is 6.36. The fourth-order valence-corrected chi connectivity index (χ4v) is 1.98. The largest absolute Gasteiger partial charge is 0.368 e. The van der Waals surface area contributed by atoms with Crippen LogP contribution < -0.4 is 11.1 Å². The molecule has 17 heavy (non-hydrogen) atoms. The Morgan fingerprint density at radius 2 is 2.29 bits per heavy atom. The van der Waals surface area contributed by atoms with E-state index in [0.717, 1.165) is 16.9 Å². The number of nitrogen functional groups attached to an aromatic ring is 1. The highest BCUT2D eigenvalue weighted by Crippen LogP contribution is 2.11. The summed E-state index contributed by atoms with van der Waals surface area (Å²) in [5.74, 6) is -0.323. The molecule has 5 nitrogen and oxygen atoms in total. The van der Waals surface area contributed by atoms with E-state index in [4.69, 9.17) is 5.73 Å². The zero-order valence-corrected chi connectivity index (χ0v) is 10.1. The Balaban J connectivity index is 1.91. The van der Waals surface area contributed by atoms with Gasteiger partial charge in [0.05, 0.1) is 16.9 Å². The van der Waals surface area contributed by atoms with E-state index < -0.39 is 5.82 Å². The Labute approximate surface area is 102 Å². The zero-order valence-electron chi connectivity index (χ0n) is 9.27. The van der Waals surface area contributed by atoms with Crippen molar-refractivity contribution < 1.29 is 4.39 Å². The second-order valence-corrected chi connectivity index (χ2v) is 4.52. The lowest BCUT2D eigenvalue weighted by molar-refractivity contribution is 0.617. The van der Waals surface area contributed by atoms with Crippen LogP contribution in [0.4, 0.5) is 16.2 Å². The number of rotatable bonds is 4. The van der Waals surface area contributed by atoms with Gasteiger partial charge in [0.25, 0.3) is 0 Å². The maximum atomic E-state index is 13.2. The minimum Gasteiger partial charge on any atom is -0.368 e. The Bertz CT molecular complexity index is 513. The van der Waals surface area contributed by atoms with Gasteiger partial charge >= 0.3 is 0 Å². The van der Waals surface area contributed by atoms with E-state index in [1.165, 1.54) is 0 Å². The number of aromatic nitrogens is 3. The summed E-state index contributed by atoms with van der Waals surface area (Å²) in [5, 5.41) is 5.88. The molecule has 2 aromatic rings. The van der Waals surface area contributed by atoms with Gasteiger partial charge in [0, 0.05) is 18.3 Å². The van der Waals surface area contributed by atoms with Crippen molar-refractivity contribution in [3.63, 3.8) is 0 Å². The average Bonchev–Trinajstić information content (AvgIpc) is 2.69. The third-order valence-corrected chi connectivity index (χ3v) is 2.93. The van der Waals surface area contributed by atoms with Crippen LogP contribution in [0.15, 0.2) is 11.6 Å². The first-order chi connectivity index (χ1) is 8.15. The highest BCUT2D eigenvalue weighted by atomic mass is 32.1. The molecule has 0 fully saturated rings. The summed E-state index contributed by atoms with van der Waals surface area (Å²) in [6, 6.07) is 0. The highest BCUT2D eigenvalue weighted by molar-refractivity contribution is 7.09. The molecule has 3 N–H and O–H groups in total. The van der Waals surface area contributed by atoms with Crippen LogP contribution in [0.2, 0.25) is 0 Å². The summed E-state index contributed by atoms with van der Waals surface area (Å²) in [6.07, 6.45) is 1.77. The molecule has 0 aliphatic rings. The molecule has 0 aromatic carbocycles. The number of nitrogens with two attached hydrogens (primary N) is 1. The molecule has 0 saturated heterocycles. The number of anilines is 2. The molecule has 7 heteroatoms. The Morgan fingerprint density at radius 1 is 1.47 bits per heavy atom. The number of hydrogen-bond acceptors (Lipinski definition) is 6. The minimum absolute atomic E-state index is 0.0541. The number of hydrogen-bond donors (Lipinski definition) is 2. The van der Waals surface area contributed by atoms with Crippen LogP contribution in [-0.2, 0) is 6.42 Å². The topological polar surface area (TPSA) is 76.7 Å². The van der Waals surface area contributed by atoms with Crippen molar-refractivity contribution in [1.82, 2.24) is 15.0 Å². The van der Waals surface area contributed by atoms with Gasteiger partial charge in [0.15, 0.2) is 11.6 Å². The summed E-state index contributed by atoms with van der Waals surface area (Å²) in [6.45, 7) is 2.50. The third-order valence-electron chi connectivity index (χ3n) is 2.10. The summed E-state index contributed by atoms with van der Waals surface area (Å²) in [7, 11) is 0. The number of thiazole rings is 1. The van der Waals surface area contributed by atoms with Gasteiger partial charge in [-0.15, -0.1) is 11.3 Å². The Morgan fingerprint density at radius 3 is 3.00 bits per heavy atom. The van der Waals surface area contributed by atoms with Crippen molar-refractivity contribution in [2.75, 3.05) is 17.6 Å². The van der Waals surface area contributed by atoms with Crippen LogP contribution >= 0.6 is 11.3 Å². The summed E-state index contributed by atoms with van der Waals surface area (Å²) >= 11 is 1.60. The number of nitrogens with zero attached hydrogens (tertiary/aromatic N) is 3. The molecule has 0 bridgehead atoms. The summed E-state index contributed by atoms with van der Waals surface area (Å²) in [4.78, 5) is 11.6. The molecule has 0 unspecified atom stereocenters. The molecule has 90 valence electrons. The van der Waals surface area contributed by atoms with Gasteiger partial charge in [-0.3, -0.25) is 0 Å². The van der Waals surface area contributed by atoms with Crippen molar-refractivity contribution in [1.29, 1.82) is 0 Å². The Kier molecular flexibility index (Phi) is 3.48. The monoisotopic (exact) mass is 253 g/mol. The standard InChI is InChI=1S/C10H12FN5S/c1-6-15-7(5-17-6)2-3-13-9-8(11)4-14-10(12)16-9/h4-5H,2-3H2,1H3,(H3,12,13,14,16). The van der Waals surface area contributed by atoms with Crippen LogP contribution in [0.25, 0.3) is 0 Å². The van der Waals surface area contributed by atoms with Gasteiger partial charge in [-0.25, -0.2) is 14.4 Å². The first-order valence-corrected chi connectivity index (χ1v) is 5.96. The van der Waals surface area contributed by atoms with Crippen molar-refractivity contribution in [2.45, 2.75) is 13.3 Å². The second-order valence-electron chi connectivity index (χ2n) is 3.46. The average molecular weight is 253 g/mol. The van der Waals surface area contributed by atoms with Crippen molar-refractivity contribution >= 4 is 23.1 Å². The van der Waals surface area contributed by atoms with E-state index in [-0.39, 0.29) is 11.8 Å². The molecule has 0 aliphatic heterocycles. The molecule has 2 heterocycles. The second kappa shape index (κ2) is 5.05. The fraction of sp³-hybridized carbons (Fsp3) is 0.300. The SMILES string of the molecule is Cc1nc(CCNc2nc(N)ncc2F)cs1. The van der Waals surface area contributed by atoms with E-state index in [1.807, 2.05) is 12.3 Å². The zero-order chi connectivity index (χ0) is 12.3. The smallest absolute Gasteiger partial charge is 0.222 e. The lowest BCUT2D eigenvalue weighted by atomic mass is 10.3. The maximum absolute atomic E-state index is 13.2. The maximum Gasteiger partial charge on any atom is 0.222 e. The molecule has 0 amide bonds. The first kappa shape index (κ1) is 11.7. The molecular weight excluding hydrogens is 241 g/mol. The van der Waals surface area contributed by atoms with Gasteiger partial charge in [-0.1, -0.05) is 0 Å². The minimum atomic E-state index is -0.506. The van der Waals surface area contributed by atoms with Crippen LogP contribution in [0, 0.1) is 12.7 Å². The molecule has 0 atom stereocenters. The predicted octanol–water partition coefficient (Wildman–Crippen LogP) is 1.62. The van der Waals surface area contributed by atoms with E-state index >= 15 is 0 Å². The fourth-order valence-electron chi connectivity index (χ4n) is 1.34. The molecule has 0 spiro atoms. The summed E-state index contributed by atoms with van der Waals surface area (Å²) < 4.78 is 13.2. The van der Waals surface area contributed by atoms with Crippen LogP contribution in [0.1, 0.15) is 10.7 Å². The lowest BCUT2D eigenvalue weighted by Crippen LogP contribution is -2.10.